The molecular weight excluding hydrogens is 346 g/mol. The molecule has 24 heavy (non-hydrogen) atoms. The molecule has 1 heterocycles. The fraction of sp³-hybridized carbons (Fsp3) is 0.111. The van der Waals surface area contributed by atoms with Crippen molar-refractivity contribution >= 4 is 28.9 Å². The van der Waals surface area contributed by atoms with Crippen molar-refractivity contribution in [2.45, 2.75) is 13.5 Å². The summed E-state index contributed by atoms with van der Waals surface area (Å²) in [5.74, 6) is -0.209. The van der Waals surface area contributed by atoms with Gasteiger partial charge in [-0.1, -0.05) is 23.7 Å². The minimum atomic E-state index is -0.945. The number of aryl methyl sites for hydroxylation is 1. The van der Waals surface area contributed by atoms with Crippen LogP contribution >= 0.6 is 22.9 Å². The third-order valence-electron chi connectivity index (χ3n) is 3.41. The maximum Gasteiger partial charge on any atom is 0.347 e. The molecule has 2 aromatic carbocycles. The van der Waals surface area contributed by atoms with Crippen molar-refractivity contribution in [1.82, 2.24) is 4.98 Å². The van der Waals surface area contributed by atoms with Crippen molar-refractivity contribution in [3.8, 4) is 16.3 Å². The molecule has 0 radical (unpaired) electrons. The van der Waals surface area contributed by atoms with Crippen LogP contribution in [0.3, 0.4) is 0 Å². The molecule has 0 saturated heterocycles. The van der Waals surface area contributed by atoms with E-state index in [1.807, 2.05) is 48.5 Å². The number of carboxylic acids is 1. The maximum absolute atomic E-state index is 11.1. The van der Waals surface area contributed by atoms with E-state index in [-0.39, 0.29) is 4.88 Å². The first-order valence-electron chi connectivity index (χ1n) is 7.21. The summed E-state index contributed by atoms with van der Waals surface area (Å²) in [6.07, 6.45) is 0. The normalized spacial score (nSPS) is 10.6. The number of carbonyl (C=O) groups is 1. The van der Waals surface area contributed by atoms with Gasteiger partial charge in [0.2, 0.25) is 0 Å². The lowest BCUT2D eigenvalue weighted by Gasteiger charge is -2.07. The summed E-state index contributed by atoms with van der Waals surface area (Å²) in [5, 5.41) is 10.5. The fourth-order valence-electron chi connectivity index (χ4n) is 2.16. The van der Waals surface area contributed by atoms with E-state index in [0.717, 1.165) is 16.9 Å². The second-order valence-electron chi connectivity index (χ2n) is 5.18. The van der Waals surface area contributed by atoms with E-state index < -0.39 is 5.97 Å². The van der Waals surface area contributed by atoms with E-state index >= 15 is 0 Å². The molecule has 3 aromatic rings. The lowest BCUT2D eigenvalue weighted by atomic mass is 10.2. The average Bonchev–Trinajstić information content (AvgIpc) is 2.97. The third-order valence-corrected chi connectivity index (χ3v) is 4.86. The molecule has 3 rings (SSSR count). The van der Waals surface area contributed by atoms with Crippen molar-refractivity contribution in [1.29, 1.82) is 0 Å². The Hall–Kier alpha value is -2.37. The first-order valence-corrected chi connectivity index (χ1v) is 8.41. The number of aromatic nitrogens is 1. The van der Waals surface area contributed by atoms with E-state index in [1.165, 1.54) is 11.3 Å². The predicted octanol–water partition coefficient (Wildman–Crippen LogP) is 5.05. The summed E-state index contributed by atoms with van der Waals surface area (Å²) in [7, 11) is 0. The molecule has 0 fully saturated rings. The van der Waals surface area contributed by atoms with Crippen LogP contribution in [0.1, 0.15) is 20.9 Å². The number of carboxylic acid groups (broad SMARTS) is 1. The van der Waals surface area contributed by atoms with Gasteiger partial charge in [-0.2, -0.15) is 0 Å². The number of benzene rings is 2. The summed E-state index contributed by atoms with van der Waals surface area (Å²) in [6, 6.07) is 14.9. The lowest BCUT2D eigenvalue weighted by molar-refractivity contribution is 0.0701. The first-order chi connectivity index (χ1) is 11.5. The molecule has 0 bridgehead atoms. The first kappa shape index (κ1) is 16.5. The van der Waals surface area contributed by atoms with E-state index in [1.54, 1.807) is 6.92 Å². The molecular formula is C18H14ClNO3S. The van der Waals surface area contributed by atoms with Crippen LogP contribution in [0, 0.1) is 6.92 Å². The fourth-order valence-corrected chi connectivity index (χ4v) is 3.20. The summed E-state index contributed by atoms with van der Waals surface area (Å²) >= 11 is 7.03. The second kappa shape index (κ2) is 7.03. The smallest absolute Gasteiger partial charge is 0.347 e. The van der Waals surface area contributed by atoms with Gasteiger partial charge in [0.1, 0.15) is 22.2 Å². The number of ether oxygens (including phenoxy) is 1. The Kier molecular flexibility index (Phi) is 4.83. The second-order valence-corrected chi connectivity index (χ2v) is 6.61. The summed E-state index contributed by atoms with van der Waals surface area (Å²) in [4.78, 5) is 15.7. The Morgan fingerprint density at radius 3 is 2.42 bits per heavy atom. The number of halogens is 1. The molecule has 0 aliphatic rings. The van der Waals surface area contributed by atoms with Gasteiger partial charge in [0.25, 0.3) is 0 Å². The number of rotatable bonds is 5. The average molecular weight is 360 g/mol. The van der Waals surface area contributed by atoms with Crippen LogP contribution in [0.4, 0.5) is 0 Å². The Morgan fingerprint density at radius 2 is 1.83 bits per heavy atom. The minimum absolute atomic E-state index is 0.271. The molecule has 0 amide bonds. The number of hydrogen-bond acceptors (Lipinski definition) is 4. The number of aromatic carboxylic acids is 1. The summed E-state index contributed by atoms with van der Waals surface area (Å²) in [5.41, 5.74) is 2.44. The van der Waals surface area contributed by atoms with Crippen molar-refractivity contribution in [2.75, 3.05) is 0 Å². The van der Waals surface area contributed by atoms with Crippen molar-refractivity contribution < 1.29 is 14.6 Å². The monoisotopic (exact) mass is 359 g/mol. The molecule has 4 nitrogen and oxygen atoms in total. The minimum Gasteiger partial charge on any atom is -0.489 e. The molecule has 0 atom stereocenters. The molecule has 0 saturated carbocycles. The highest BCUT2D eigenvalue weighted by Gasteiger charge is 2.14. The zero-order valence-corrected chi connectivity index (χ0v) is 14.4. The number of hydrogen-bond donors (Lipinski definition) is 1. The van der Waals surface area contributed by atoms with E-state index in [2.05, 4.69) is 4.98 Å². The highest BCUT2D eigenvalue weighted by molar-refractivity contribution is 7.17. The van der Waals surface area contributed by atoms with Crippen LogP contribution in [0.2, 0.25) is 5.02 Å². The van der Waals surface area contributed by atoms with Gasteiger partial charge in [0.05, 0.1) is 5.69 Å². The van der Waals surface area contributed by atoms with Gasteiger partial charge in [-0.25, -0.2) is 9.78 Å². The van der Waals surface area contributed by atoms with E-state index in [4.69, 9.17) is 21.4 Å². The molecule has 122 valence electrons. The molecule has 1 N–H and O–H groups in total. The van der Waals surface area contributed by atoms with Gasteiger partial charge in [0.15, 0.2) is 0 Å². The zero-order chi connectivity index (χ0) is 17.1. The van der Waals surface area contributed by atoms with Gasteiger partial charge in [-0.05, 0) is 48.9 Å². The topological polar surface area (TPSA) is 59.4 Å². The molecule has 1 aromatic heterocycles. The van der Waals surface area contributed by atoms with Crippen LogP contribution in [0.5, 0.6) is 5.75 Å². The highest BCUT2D eigenvalue weighted by Crippen LogP contribution is 2.29. The molecule has 6 heteroatoms. The quantitative estimate of drug-likeness (QED) is 0.692. The van der Waals surface area contributed by atoms with Crippen molar-refractivity contribution in [3.05, 3.63) is 69.7 Å². The van der Waals surface area contributed by atoms with Gasteiger partial charge >= 0.3 is 5.97 Å². The predicted molar refractivity (Wildman–Crippen MR) is 95.0 cm³/mol. The molecule has 0 aliphatic heterocycles. The van der Waals surface area contributed by atoms with E-state index in [9.17, 15) is 4.79 Å². The Balaban J connectivity index is 1.70. The van der Waals surface area contributed by atoms with Crippen molar-refractivity contribution in [2.24, 2.45) is 0 Å². The Morgan fingerprint density at radius 1 is 1.17 bits per heavy atom. The van der Waals surface area contributed by atoms with Gasteiger partial charge < -0.3 is 9.84 Å². The number of thiazole rings is 1. The molecule has 0 spiro atoms. The zero-order valence-electron chi connectivity index (χ0n) is 12.8. The Bertz CT molecular complexity index is 857. The summed E-state index contributed by atoms with van der Waals surface area (Å²) in [6.45, 7) is 2.16. The van der Waals surface area contributed by atoms with Gasteiger partial charge in [-0.15, -0.1) is 11.3 Å². The highest BCUT2D eigenvalue weighted by atomic mass is 35.5. The standard InChI is InChI=1S/C18H14ClNO3S/c1-11-16(18(21)22)24-17(20-11)13-4-8-15(9-5-13)23-10-12-2-6-14(19)7-3-12/h2-9H,10H2,1H3,(H,21,22). The van der Waals surface area contributed by atoms with Gasteiger partial charge in [-0.3, -0.25) is 0 Å². The Labute approximate surface area is 148 Å². The van der Waals surface area contributed by atoms with Crippen LogP contribution in [0.25, 0.3) is 10.6 Å². The maximum atomic E-state index is 11.1. The SMILES string of the molecule is Cc1nc(-c2ccc(OCc3ccc(Cl)cc3)cc2)sc1C(=O)O. The third kappa shape index (κ3) is 3.75. The van der Waals surface area contributed by atoms with Crippen molar-refractivity contribution in [3.63, 3.8) is 0 Å². The molecule has 0 unspecified atom stereocenters. The van der Waals surface area contributed by atoms with Gasteiger partial charge in [0, 0.05) is 10.6 Å². The van der Waals surface area contributed by atoms with Crippen LogP contribution in [-0.2, 0) is 6.61 Å². The number of nitrogens with zero attached hydrogens (tertiary/aromatic N) is 1. The van der Waals surface area contributed by atoms with E-state index in [0.29, 0.717) is 22.3 Å². The van der Waals surface area contributed by atoms with Crippen LogP contribution < -0.4 is 4.74 Å². The largest absolute Gasteiger partial charge is 0.489 e. The summed E-state index contributed by atoms with van der Waals surface area (Å²) < 4.78 is 5.74. The lowest BCUT2D eigenvalue weighted by Crippen LogP contribution is -1.94. The van der Waals surface area contributed by atoms with Crippen LogP contribution in [0.15, 0.2) is 48.5 Å². The van der Waals surface area contributed by atoms with Crippen LogP contribution in [-0.4, -0.2) is 16.1 Å². The molecule has 0 aliphatic carbocycles.